The quantitative estimate of drug-likeness (QED) is 0.903. The van der Waals surface area contributed by atoms with Crippen LogP contribution >= 0.6 is 23.2 Å². The molecule has 2 aromatic rings. The predicted octanol–water partition coefficient (Wildman–Crippen LogP) is 3.12. The number of halogens is 2. The van der Waals surface area contributed by atoms with E-state index in [4.69, 9.17) is 23.2 Å². The molecule has 0 fully saturated rings. The Balaban J connectivity index is 0.000000204. The Morgan fingerprint density at radius 3 is 2.30 bits per heavy atom. The SMILES string of the molecule is CCNc1c(Cl)cnnc1Cl.CCNc1ccnnc1. The highest BCUT2D eigenvalue weighted by atomic mass is 35.5. The number of hydrogen-bond donors (Lipinski definition) is 2. The average molecular weight is 315 g/mol. The second-order valence-corrected chi connectivity index (χ2v) is 4.32. The van der Waals surface area contributed by atoms with Crippen molar-refractivity contribution in [2.45, 2.75) is 13.8 Å². The number of anilines is 2. The summed E-state index contributed by atoms with van der Waals surface area (Å²) in [5.74, 6) is 0. The minimum Gasteiger partial charge on any atom is -0.384 e. The van der Waals surface area contributed by atoms with Crippen molar-refractivity contribution in [2.75, 3.05) is 23.7 Å². The van der Waals surface area contributed by atoms with Crippen LogP contribution in [-0.2, 0) is 0 Å². The average Bonchev–Trinajstić information content (AvgIpc) is 2.45. The van der Waals surface area contributed by atoms with Crippen LogP contribution in [0.3, 0.4) is 0 Å². The highest BCUT2D eigenvalue weighted by molar-refractivity contribution is 6.38. The first kappa shape index (κ1) is 16.4. The van der Waals surface area contributed by atoms with Gasteiger partial charge in [-0.15, -0.1) is 5.10 Å². The van der Waals surface area contributed by atoms with Crippen LogP contribution in [0.1, 0.15) is 13.8 Å². The molecule has 0 aliphatic heterocycles. The zero-order valence-corrected chi connectivity index (χ0v) is 12.8. The minimum absolute atomic E-state index is 0.305. The molecule has 0 spiro atoms. The first-order valence-corrected chi connectivity index (χ1v) is 6.85. The fraction of sp³-hybridized carbons (Fsp3) is 0.333. The third kappa shape index (κ3) is 5.54. The monoisotopic (exact) mass is 314 g/mol. The third-order valence-electron chi connectivity index (χ3n) is 2.08. The van der Waals surface area contributed by atoms with Crippen molar-refractivity contribution in [3.8, 4) is 0 Å². The normalized spacial score (nSPS) is 9.40. The van der Waals surface area contributed by atoms with Gasteiger partial charge >= 0.3 is 0 Å². The van der Waals surface area contributed by atoms with Crippen molar-refractivity contribution < 1.29 is 0 Å². The number of nitrogens with one attached hydrogen (secondary N) is 2. The van der Waals surface area contributed by atoms with E-state index in [0.717, 1.165) is 18.8 Å². The molecule has 20 heavy (non-hydrogen) atoms. The van der Waals surface area contributed by atoms with Gasteiger partial charge in [-0.3, -0.25) is 0 Å². The maximum absolute atomic E-state index is 5.76. The fourth-order valence-electron chi connectivity index (χ4n) is 1.28. The van der Waals surface area contributed by atoms with E-state index in [1.807, 2.05) is 19.9 Å². The molecule has 8 heteroatoms. The van der Waals surface area contributed by atoms with Crippen LogP contribution in [0.15, 0.2) is 24.7 Å². The molecule has 0 amide bonds. The molecule has 108 valence electrons. The second-order valence-electron chi connectivity index (χ2n) is 3.55. The lowest BCUT2D eigenvalue weighted by Crippen LogP contribution is -1.99. The first-order chi connectivity index (χ1) is 9.69. The zero-order valence-electron chi connectivity index (χ0n) is 11.3. The second kappa shape index (κ2) is 9.28. The van der Waals surface area contributed by atoms with Gasteiger partial charge in [-0.05, 0) is 19.9 Å². The van der Waals surface area contributed by atoms with Crippen molar-refractivity contribution in [3.05, 3.63) is 34.8 Å². The summed E-state index contributed by atoms with van der Waals surface area (Å²) in [5.41, 5.74) is 1.67. The summed E-state index contributed by atoms with van der Waals surface area (Å²) >= 11 is 11.4. The van der Waals surface area contributed by atoms with Crippen LogP contribution in [0.4, 0.5) is 11.4 Å². The molecule has 0 aliphatic rings. The van der Waals surface area contributed by atoms with Crippen molar-refractivity contribution in [3.63, 3.8) is 0 Å². The molecule has 0 saturated heterocycles. The smallest absolute Gasteiger partial charge is 0.176 e. The summed E-state index contributed by atoms with van der Waals surface area (Å²) in [4.78, 5) is 0. The van der Waals surface area contributed by atoms with Crippen LogP contribution in [0, 0.1) is 0 Å². The first-order valence-electron chi connectivity index (χ1n) is 6.10. The van der Waals surface area contributed by atoms with Crippen LogP contribution in [0.25, 0.3) is 0 Å². The summed E-state index contributed by atoms with van der Waals surface area (Å²) < 4.78 is 0. The summed E-state index contributed by atoms with van der Waals surface area (Å²) in [6.45, 7) is 5.67. The van der Waals surface area contributed by atoms with Gasteiger partial charge in [0.1, 0.15) is 0 Å². The van der Waals surface area contributed by atoms with Gasteiger partial charge in [-0.25, -0.2) is 0 Å². The molecular formula is C12H16Cl2N6. The Morgan fingerprint density at radius 2 is 1.75 bits per heavy atom. The topological polar surface area (TPSA) is 75.6 Å². The van der Waals surface area contributed by atoms with Gasteiger partial charge in [0.2, 0.25) is 0 Å². The van der Waals surface area contributed by atoms with Crippen molar-refractivity contribution in [1.82, 2.24) is 20.4 Å². The maximum Gasteiger partial charge on any atom is 0.176 e. The minimum atomic E-state index is 0.305. The third-order valence-corrected chi connectivity index (χ3v) is 2.63. The predicted molar refractivity (Wildman–Crippen MR) is 82.4 cm³/mol. The number of aromatic nitrogens is 4. The maximum atomic E-state index is 5.76. The Bertz CT molecular complexity index is 488. The lowest BCUT2D eigenvalue weighted by Gasteiger charge is -2.04. The summed E-state index contributed by atoms with van der Waals surface area (Å²) in [7, 11) is 0. The summed E-state index contributed by atoms with van der Waals surface area (Å²) in [5, 5.41) is 21.4. The molecule has 0 unspecified atom stereocenters. The van der Waals surface area contributed by atoms with Gasteiger partial charge in [0.25, 0.3) is 0 Å². The molecule has 0 atom stereocenters. The molecule has 2 N–H and O–H groups in total. The molecule has 0 bridgehead atoms. The molecule has 2 heterocycles. The van der Waals surface area contributed by atoms with E-state index in [2.05, 4.69) is 31.0 Å². The van der Waals surface area contributed by atoms with Gasteiger partial charge < -0.3 is 10.6 Å². The van der Waals surface area contributed by atoms with E-state index in [1.165, 1.54) is 6.20 Å². The standard InChI is InChI=1S/C6H7Cl2N3.C6H9N3/c1-2-9-5-4(7)3-10-11-6(5)8;1-2-7-6-3-4-8-9-5-6/h3H,2H2,1H3,(H,9,10);3-5H,2H2,1H3,(H,7,8). The molecule has 2 aromatic heterocycles. The molecule has 6 nitrogen and oxygen atoms in total. The molecule has 0 aromatic carbocycles. The largest absolute Gasteiger partial charge is 0.384 e. The van der Waals surface area contributed by atoms with Crippen molar-refractivity contribution in [2.24, 2.45) is 0 Å². The number of nitrogens with zero attached hydrogens (tertiary/aromatic N) is 4. The van der Waals surface area contributed by atoms with E-state index in [-0.39, 0.29) is 0 Å². The van der Waals surface area contributed by atoms with Crippen LogP contribution < -0.4 is 10.6 Å². The molecule has 0 aliphatic carbocycles. The Kier molecular flexibility index (Phi) is 7.60. The number of rotatable bonds is 4. The molecule has 2 rings (SSSR count). The van der Waals surface area contributed by atoms with Crippen LogP contribution in [0.2, 0.25) is 10.2 Å². The van der Waals surface area contributed by atoms with Gasteiger partial charge in [-0.1, -0.05) is 23.2 Å². The Hall–Kier alpha value is -1.66. The van der Waals surface area contributed by atoms with E-state index in [0.29, 0.717) is 15.9 Å². The highest BCUT2D eigenvalue weighted by Crippen LogP contribution is 2.26. The molecule has 0 radical (unpaired) electrons. The lowest BCUT2D eigenvalue weighted by atomic mass is 10.4. The van der Waals surface area contributed by atoms with E-state index >= 15 is 0 Å². The summed E-state index contributed by atoms with van der Waals surface area (Å²) in [6.07, 6.45) is 4.81. The van der Waals surface area contributed by atoms with E-state index < -0.39 is 0 Å². The van der Waals surface area contributed by atoms with Crippen LogP contribution in [0.5, 0.6) is 0 Å². The zero-order chi connectivity index (χ0) is 14.8. The van der Waals surface area contributed by atoms with Gasteiger partial charge in [-0.2, -0.15) is 15.3 Å². The highest BCUT2D eigenvalue weighted by Gasteiger charge is 2.04. The molecular weight excluding hydrogens is 299 g/mol. The molecule has 0 saturated carbocycles. The Morgan fingerprint density at radius 1 is 1.00 bits per heavy atom. The fourth-order valence-corrected chi connectivity index (χ4v) is 1.74. The van der Waals surface area contributed by atoms with Crippen molar-refractivity contribution in [1.29, 1.82) is 0 Å². The Labute approximate surface area is 127 Å². The van der Waals surface area contributed by atoms with Crippen LogP contribution in [-0.4, -0.2) is 33.5 Å². The van der Waals surface area contributed by atoms with E-state index in [1.54, 1.807) is 12.4 Å². The van der Waals surface area contributed by atoms with Gasteiger partial charge in [0.15, 0.2) is 5.15 Å². The van der Waals surface area contributed by atoms with E-state index in [9.17, 15) is 0 Å². The number of hydrogen-bond acceptors (Lipinski definition) is 6. The summed E-state index contributed by atoms with van der Waals surface area (Å²) in [6, 6.07) is 1.89. The lowest BCUT2D eigenvalue weighted by molar-refractivity contribution is 1.02. The van der Waals surface area contributed by atoms with Gasteiger partial charge in [0.05, 0.1) is 35.0 Å². The van der Waals surface area contributed by atoms with Crippen molar-refractivity contribution >= 4 is 34.6 Å². The van der Waals surface area contributed by atoms with Gasteiger partial charge in [0, 0.05) is 13.1 Å².